The number of unbranched alkanes of at least 4 members (excludes halogenated alkanes) is 8. The van der Waals surface area contributed by atoms with Gasteiger partial charge in [-0.15, -0.1) is 11.3 Å². The Kier molecular flexibility index (Phi) is 10.9. The number of hydrogen-bond acceptors (Lipinski definition) is 8. The Hall–Kier alpha value is -2.18. The molecule has 0 aromatic carbocycles. The Bertz CT molecular complexity index is 817. The highest BCUT2D eigenvalue weighted by Gasteiger charge is 2.49. The molecule has 1 aromatic rings. The lowest BCUT2D eigenvalue weighted by Gasteiger charge is -2.33. The zero-order valence-corrected chi connectivity index (χ0v) is 19.6. The van der Waals surface area contributed by atoms with Crippen LogP contribution in [0, 0.1) is 11.8 Å². The number of aliphatic hydroxyl groups is 1. The van der Waals surface area contributed by atoms with Crippen molar-refractivity contribution in [3.63, 3.8) is 0 Å². The van der Waals surface area contributed by atoms with Crippen molar-refractivity contribution < 1.29 is 28.9 Å². The van der Waals surface area contributed by atoms with E-state index in [0.29, 0.717) is 4.88 Å². The van der Waals surface area contributed by atoms with Crippen molar-refractivity contribution in [3.8, 4) is 11.8 Å². The van der Waals surface area contributed by atoms with E-state index in [0.717, 1.165) is 30.6 Å². The van der Waals surface area contributed by atoms with Crippen LogP contribution in [0.4, 0.5) is 0 Å². The van der Waals surface area contributed by atoms with Gasteiger partial charge in [0.25, 0.3) is 0 Å². The molecule has 3 N–H and O–H groups in total. The standard InChI is InChI=1S/C24H33NO6S/c1-3-4-5-6-7-8-9-10-11-12-13-18-16-19(32-17-18)22(29-2)23(25)24(28)30-20(26)14-15-21(27)31-24/h14-17,22-23,28H,3-11,25H2,1-2H3. The Morgan fingerprint density at radius 1 is 1.09 bits per heavy atom. The molecule has 8 heteroatoms. The van der Waals surface area contributed by atoms with E-state index in [9.17, 15) is 14.7 Å². The van der Waals surface area contributed by atoms with Gasteiger partial charge in [-0.2, -0.15) is 0 Å². The monoisotopic (exact) mass is 463 g/mol. The number of esters is 2. The average Bonchev–Trinajstić information content (AvgIpc) is 3.17. The van der Waals surface area contributed by atoms with Crippen LogP contribution in [0.25, 0.3) is 0 Å². The maximum Gasteiger partial charge on any atom is 0.393 e. The van der Waals surface area contributed by atoms with Gasteiger partial charge in [-0.25, -0.2) is 9.59 Å². The molecule has 2 rings (SSSR count). The minimum Gasteiger partial charge on any atom is -0.393 e. The summed E-state index contributed by atoms with van der Waals surface area (Å²) in [5.74, 6) is 1.79. The summed E-state index contributed by atoms with van der Waals surface area (Å²) in [6.07, 6.45) is 11.8. The first-order valence-corrected chi connectivity index (χ1v) is 12.0. The van der Waals surface area contributed by atoms with E-state index in [1.165, 1.54) is 63.4 Å². The predicted octanol–water partition coefficient (Wildman–Crippen LogP) is 3.95. The lowest BCUT2D eigenvalue weighted by atomic mass is 10.1. The fraction of sp³-hybridized carbons (Fsp3) is 0.583. The fourth-order valence-electron chi connectivity index (χ4n) is 3.36. The summed E-state index contributed by atoms with van der Waals surface area (Å²) in [5.41, 5.74) is 6.90. The van der Waals surface area contributed by atoms with Gasteiger partial charge in [0.05, 0.1) is 0 Å². The van der Waals surface area contributed by atoms with Crippen molar-refractivity contribution >= 4 is 23.3 Å². The number of nitrogens with two attached hydrogens (primary N) is 1. The summed E-state index contributed by atoms with van der Waals surface area (Å²) in [6.45, 7) is 2.23. The van der Waals surface area contributed by atoms with Crippen molar-refractivity contribution in [2.24, 2.45) is 5.73 Å². The van der Waals surface area contributed by atoms with Crippen molar-refractivity contribution in [2.45, 2.75) is 82.8 Å². The Morgan fingerprint density at radius 3 is 2.28 bits per heavy atom. The highest BCUT2D eigenvalue weighted by Crippen LogP contribution is 2.32. The normalized spacial score (nSPS) is 17.0. The second kappa shape index (κ2) is 13.4. The lowest BCUT2D eigenvalue weighted by molar-refractivity contribution is -0.337. The molecule has 0 fully saturated rings. The first-order valence-electron chi connectivity index (χ1n) is 11.1. The number of carbonyl (C=O) groups excluding carboxylic acids is 2. The van der Waals surface area contributed by atoms with Crippen LogP contribution >= 0.6 is 11.3 Å². The largest absolute Gasteiger partial charge is 0.393 e. The van der Waals surface area contributed by atoms with Crippen molar-refractivity contribution in [1.29, 1.82) is 0 Å². The summed E-state index contributed by atoms with van der Waals surface area (Å²) in [6, 6.07) is 0.443. The Balaban J connectivity index is 1.88. The third kappa shape index (κ3) is 8.06. The Labute approximate surface area is 193 Å². The first kappa shape index (κ1) is 26.1. The van der Waals surface area contributed by atoms with Gasteiger partial charge < -0.3 is 25.1 Å². The van der Waals surface area contributed by atoms with Crippen molar-refractivity contribution in [3.05, 3.63) is 34.0 Å². The van der Waals surface area contributed by atoms with Crippen LogP contribution in [-0.2, 0) is 23.8 Å². The second-order valence-electron chi connectivity index (χ2n) is 7.75. The molecular formula is C24H33NO6S. The highest BCUT2D eigenvalue weighted by atomic mass is 32.1. The molecule has 0 radical (unpaired) electrons. The van der Waals surface area contributed by atoms with E-state index in [-0.39, 0.29) is 0 Å². The lowest BCUT2D eigenvalue weighted by Crippen LogP contribution is -2.56. The van der Waals surface area contributed by atoms with E-state index < -0.39 is 30.1 Å². The van der Waals surface area contributed by atoms with Crippen LogP contribution < -0.4 is 5.73 Å². The molecule has 1 aromatic heterocycles. The van der Waals surface area contributed by atoms with Crippen LogP contribution in [0.3, 0.4) is 0 Å². The van der Waals surface area contributed by atoms with Crippen molar-refractivity contribution in [2.75, 3.05) is 7.11 Å². The molecule has 2 atom stereocenters. The predicted molar refractivity (Wildman–Crippen MR) is 122 cm³/mol. The van der Waals surface area contributed by atoms with Crippen molar-refractivity contribution in [1.82, 2.24) is 0 Å². The number of thiophene rings is 1. The Morgan fingerprint density at radius 2 is 1.69 bits per heavy atom. The molecule has 0 spiro atoms. The number of cyclic esters (lactones) is 2. The zero-order valence-electron chi connectivity index (χ0n) is 18.8. The number of ether oxygens (including phenoxy) is 3. The van der Waals surface area contributed by atoms with Gasteiger partial charge >= 0.3 is 17.9 Å². The van der Waals surface area contributed by atoms with E-state index in [1.807, 2.05) is 5.38 Å². The third-order valence-electron chi connectivity index (χ3n) is 5.14. The number of methoxy groups -OCH3 is 1. The van der Waals surface area contributed by atoms with E-state index in [2.05, 4.69) is 18.8 Å². The van der Waals surface area contributed by atoms with E-state index in [4.69, 9.17) is 19.9 Å². The van der Waals surface area contributed by atoms with Crippen LogP contribution in [0.2, 0.25) is 0 Å². The maximum absolute atomic E-state index is 11.7. The molecule has 0 saturated heterocycles. The fourth-order valence-corrected chi connectivity index (χ4v) is 4.32. The minimum atomic E-state index is -2.65. The second-order valence-corrected chi connectivity index (χ2v) is 8.70. The number of carbonyl (C=O) groups is 2. The van der Waals surface area contributed by atoms with Gasteiger partial charge in [0, 0.05) is 41.5 Å². The van der Waals surface area contributed by atoms with E-state index in [1.54, 1.807) is 6.07 Å². The van der Waals surface area contributed by atoms with Gasteiger partial charge in [-0.3, -0.25) is 0 Å². The summed E-state index contributed by atoms with van der Waals surface area (Å²) >= 11 is 1.35. The van der Waals surface area contributed by atoms with Crippen LogP contribution in [0.1, 0.15) is 81.3 Å². The molecule has 2 heterocycles. The van der Waals surface area contributed by atoms with Gasteiger partial charge in [0.15, 0.2) is 0 Å². The van der Waals surface area contributed by atoms with Crippen LogP contribution in [0.15, 0.2) is 23.6 Å². The number of hydrogen-bond donors (Lipinski definition) is 2. The molecule has 1 aliphatic heterocycles. The molecule has 2 unspecified atom stereocenters. The molecule has 0 amide bonds. The van der Waals surface area contributed by atoms with Crippen LogP contribution in [-0.4, -0.2) is 36.2 Å². The smallest absolute Gasteiger partial charge is 0.393 e. The summed E-state index contributed by atoms with van der Waals surface area (Å²) < 4.78 is 15.1. The third-order valence-corrected chi connectivity index (χ3v) is 6.13. The SMILES string of the molecule is CCCCCCCCCCC#Cc1csc(C(OC)C(N)C2(O)OC(=O)C=CC(=O)O2)c1. The molecule has 0 aliphatic carbocycles. The first-order chi connectivity index (χ1) is 15.4. The molecule has 32 heavy (non-hydrogen) atoms. The van der Waals surface area contributed by atoms with E-state index >= 15 is 0 Å². The number of rotatable bonds is 12. The summed E-state index contributed by atoms with van der Waals surface area (Å²) in [7, 11) is 1.40. The molecule has 0 bridgehead atoms. The quantitative estimate of drug-likeness (QED) is 0.274. The summed E-state index contributed by atoms with van der Waals surface area (Å²) in [4.78, 5) is 24.0. The minimum absolute atomic E-state index is 0.661. The summed E-state index contributed by atoms with van der Waals surface area (Å²) in [5, 5.41) is 12.4. The van der Waals surface area contributed by atoms with Gasteiger partial charge in [0.2, 0.25) is 0 Å². The maximum atomic E-state index is 11.7. The van der Waals surface area contributed by atoms with Gasteiger partial charge in [-0.05, 0) is 12.5 Å². The topological polar surface area (TPSA) is 108 Å². The molecule has 0 saturated carbocycles. The molecular weight excluding hydrogens is 430 g/mol. The molecule has 176 valence electrons. The molecule has 7 nitrogen and oxygen atoms in total. The van der Waals surface area contributed by atoms with Gasteiger partial charge in [0.1, 0.15) is 12.1 Å². The average molecular weight is 464 g/mol. The molecule has 1 aliphatic rings. The van der Waals surface area contributed by atoms with Crippen LogP contribution in [0.5, 0.6) is 0 Å². The highest BCUT2D eigenvalue weighted by molar-refractivity contribution is 7.10. The zero-order chi connectivity index (χ0) is 23.4. The van der Waals surface area contributed by atoms with Gasteiger partial charge in [-0.1, -0.05) is 63.7 Å².